The van der Waals surface area contributed by atoms with E-state index in [9.17, 15) is 9.59 Å². The number of rotatable bonds is 5. The molecule has 0 aliphatic rings. The van der Waals surface area contributed by atoms with Crippen molar-refractivity contribution in [3.63, 3.8) is 0 Å². The van der Waals surface area contributed by atoms with Crippen LogP contribution in [0.1, 0.15) is 47.1 Å². The van der Waals surface area contributed by atoms with E-state index >= 15 is 0 Å². The summed E-state index contributed by atoms with van der Waals surface area (Å²) in [6.07, 6.45) is -0.532. The minimum absolute atomic E-state index is 0.196. The maximum atomic E-state index is 11.9. The topological polar surface area (TPSA) is 88.4 Å². The smallest absolute Gasteiger partial charge is 0.408 e. The largest absolute Gasteiger partial charge is 0.488 e. The molecule has 1 aromatic carbocycles. The summed E-state index contributed by atoms with van der Waals surface area (Å²) in [7, 11) is 0. The number of Topliss-reactive ketones (excluding diaryl/α,β-unsaturated/α-hetero) is 1. The molecule has 136 valence electrons. The number of nitrogens with one attached hydrogen (secondary N) is 1. The van der Waals surface area contributed by atoms with Crippen molar-refractivity contribution in [2.45, 2.75) is 65.2 Å². The fraction of sp³-hybridized carbons (Fsp3) is 0.526. The van der Waals surface area contributed by atoms with Crippen LogP contribution in [0, 0.1) is 11.3 Å². The van der Waals surface area contributed by atoms with Crippen molar-refractivity contribution in [2.75, 3.05) is 0 Å². The summed E-state index contributed by atoms with van der Waals surface area (Å²) in [5.74, 6) is -0.0135. The molecule has 6 nitrogen and oxygen atoms in total. The average molecular weight is 346 g/mol. The molecule has 6 heteroatoms. The van der Waals surface area contributed by atoms with E-state index in [1.54, 1.807) is 51.1 Å². The lowest BCUT2D eigenvalue weighted by Gasteiger charge is -2.23. The quantitative estimate of drug-likeness (QED) is 0.826. The zero-order valence-electron chi connectivity index (χ0n) is 15.7. The van der Waals surface area contributed by atoms with E-state index in [4.69, 9.17) is 14.7 Å². The molecule has 0 heterocycles. The molecule has 0 spiro atoms. The van der Waals surface area contributed by atoms with Crippen molar-refractivity contribution >= 4 is 11.9 Å². The number of carbonyl (C=O) groups excluding carboxylic acids is 2. The first-order valence-electron chi connectivity index (χ1n) is 8.11. The first-order chi connectivity index (χ1) is 11.4. The molecule has 0 aromatic heterocycles. The lowest BCUT2D eigenvalue weighted by Crippen LogP contribution is -2.44. The Morgan fingerprint density at radius 3 is 2.08 bits per heavy atom. The van der Waals surface area contributed by atoms with Gasteiger partial charge in [0.2, 0.25) is 0 Å². The molecule has 1 N–H and O–H groups in total. The second-order valence-electron chi connectivity index (χ2n) is 7.74. The van der Waals surface area contributed by atoms with E-state index in [1.807, 2.05) is 20.8 Å². The predicted molar refractivity (Wildman–Crippen MR) is 94.3 cm³/mol. The fourth-order valence-electron chi connectivity index (χ4n) is 2.02. The van der Waals surface area contributed by atoms with E-state index in [2.05, 4.69) is 5.32 Å². The van der Waals surface area contributed by atoms with Crippen LogP contribution < -0.4 is 10.1 Å². The standard InChI is InChI=1S/C19H26N2O4/c1-18(2,3)24-14-9-7-13(8-10-14)11-15(16(22)12-20)21-17(23)25-19(4,5)6/h7-10,15H,11H2,1-6H3,(H,21,23)/t15-/m0/s1. The Labute approximate surface area is 149 Å². The first-order valence-corrected chi connectivity index (χ1v) is 8.11. The van der Waals surface area contributed by atoms with Crippen molar-refractivity contribution < 1.29 is 19.1 Å². The van der Waals surface area contributed by atoms with Crippen LogP contribution in [-0.2, 0) is 16.0 Å². The van der Waals surface area contributed by atoms with Gasteiger partial charge in [-0.1, -0.05) is 12.1 Å². The number of alkyl carbamates (subject to hydrolysis) is 1. The fourth-order valence-corrected chi connectivity index (χ4v) is 2.02. The first kappa shape index (κ1) is 20.5. The maximum absolute atomic E-state index is 11.9. The molecule has 1 aromatic rings. The van der Waals surface area contributed by atoms with Crippen molar-refractivity contribution in [1.29, 1.82) is 5.26 Å². The summed E-state index contributed by atoms with van der Waals surface area (Å²) < 4.78 is 10.9. The van der Waals surface area contributed by atoms with E-state index < -0.39 is 23.5 Å². The number of amides is 1. The van der Waals surface area contributed by atoms with Gasteiger partial charge in [-0.05, 0) is 59.2 Å². The molecular weight excluding hydrogens is 320 g/mol. The molecule has 25 heavy (non-hydrogen) atoms. The van der Waals surface area contributed by atoms with Crippen LogP contribution in [0.4, 0.5) is 4.79 Å². The van der Waals surface area contributed by atoms with Gasteiger partial charge < -0.3 is 14.8 Å². The molecule has 0 unspecified atom stereocenters. The highest BCUT2D eigenvalue weighted by Gasteiger charge is 2.24. The Kier molecular flexibility index (Phi) is 6.57. The Hall–Kier alpha value is -2.55. The lowest BCUT2D eigenvalue weighted by atomic mass is 10.0. The van der Waals surface area contributed by atoms with Gasteiger partial charge in [-0.25, -0.2) is 4.79 Å². The van der Waals surface area contributed by atoms with Gasteiger partial charge in [0.1, 0.15) is 29.1 Å². The van der Waals surface area contributed by atoms with E-state index in [0.29, 0.717) is 5.75 Å². The van der Waals surface area contributed by atoms with Crippen LogP contribution in [0.15, 0.2) is 24.3 Å². The zero-order chi connectivity index (χ0) is 19.3. The highest BCUT2D eigenvalue weighted by atomic mass is 16.6. The lowest BCUT2D eigenvalue weighted by molar-refractivity contribution is -0.115. The summed E-state index contributed by atoms with van der Waals surface area (Å²) >= 11 is 0. The SMILES string of the molecule is CC(C)(C)OC(=O)N[C@@H](Cc1ccc(OC(C)(C)C)cc1)C(=O)C#N. The molecule has 0 saturated carbocycles. The van der Waals surface area contributed by atoms with E-state index in [0.717, 1.165) is 5.56 Å². The second kappa shape index (κ2) is 8.02. The zero-order valence-corrected chi connectivity index (χ0v) is 15.7. The number of hydrogen-bond acceptors (Lipinski definition) is 5. The third kappa shape index (κ3) is 8.20. The third-order valence-corrected chi connectivity index (χ3v) is 2.90. The number of ketones is 1. The third-order valence-electron chi connectivity index (χ3n) is 2.90. The van der Waals surface area contributed by atoms with Gasteiger partial charge in [-0.2, -0.15) is 5.26 Å². The Bertz CT molecular complexity index is 646. The van der Waals surface area contributed by atoms with Crippen molar-refractivity contribution in [3.8, 4) is 11.8 Å². The Morgan fingerprint density at radius 2 is 1.64 bits per heavy atom. The summed E-state index contributed by atoms with van der Waals surface area (Å²) in [6.45, 7) is 11.0. The van der Waals surface area contributed by atoms with Crippen LogP contribution in [-0.4, -0.2) is 29.1 Å². The van der Waals surface area contributed by atoms with Gasteiger partial charge in [0.05, 0.1) is 0 Å². The molecule has 0 aliphatic heterocycles. The number of ether oxygens (including phenoxy) is 2. The summed E-state index contributed by atoms with van der Waals surface area (Å²) in [6, 6.07) is 7.79. The van der Waals surface area contributed by atoms with Crippen molar-refractivity contribution in [1.82, 2.24) is 5.32 Å². The highest BCUT2D eigenvalue weighted by Crippen LogP contribution is 2.19. The number of carbonyl (C=O) groups is 2. The van der Waals surface area contributed by atoms with Gasteiger partial charge in [-0.3, -0.25) is 4.79 Å². The van der Waals surface area contributed by atoms with E-state index in [1.165, 1.54) is 0 Å². The molecule has 0 saturated heterocycles. The van der Waals surface area contributed by atoms with Crippen LogP contribution in [0.5, 0.6) is 5.75 Å². The van der Waals surface area contributed by atoms with Crippen LogP contribution in [0.25, 0.3) is 0 Å². The minimum atomic E-state index is -0.964. The van der Waals surface area contributed by atoms with Gasteiger partial charge >= 0.3 is 6.09 Å². The molecule has 1 rings (SSSR count). The van der Waals surface area contributed by atoms with Crippen LogP contribution >= 0.6 is 0 Å². The van der Waals surface area contributed by atoms with Gasteiger partial charge in [-0.15, -0.1) is 0 Å². The highest BCUT2D eigenvalue weighted by molar-refractivity contribution is 5.99. The Balaban J connectivity index is 2.80. The van der Waals surface area contributed by atoms with Crippen LogP contribution in [0.3, 0.4) is 0 Å². The average Bonchev–Trinajstić information content (AvgIpc) is 2.44. The predicted octanol–water partition coefficient (Wildman–Crippen LogP) is 3.39. The molecule has 0 radical (unpaired) electrons. The van der Waals surface area contributed by atoms with Gasteiger partial charge in [0.25, 0.3) is 5.78 Å². The number of benzene rings is 1. The maximum Gasteiger partial charge on any atom is 0.408 e. The Morgan fingerprint density at radius 1 is 1.08 bits per heavy atom. The molecule has 1 amide bonds. The number of nitriles is 1. The summed E-state index contributed by atoms with van der Waals surface area (Å²) in [4.78, 5) is 23.7. The van der Waals surface area contributed by atoms with Crippen LogP contribution in [0.2, 0.25) is 0 Å². The molecule has 0 aliphatic carbocycles. The van der Waals surface area contributed by atoms with E-state index in [-0.39, 0.29) is 12.0 Å². The molecule has 0 bridgehead atoms. The molecule has 0 fully saturated rings. The minimum Gasteiger partial charge on any atom is -0.488 e. The molecule has 1 atom stereocenters. The monoisotopic (exact) mass is 346 g/mol. The summed E-state index contributed by atoms with van der Waals surface area (Å²) in [5.41, 5.74) is -0.194. The normalized spacial score (nSPS) is 12.7. The van der Waals surface area contributed by atoms with Gasteiger partial charge in [0.15, 0.2) is 0 Å². The van der Waals surface area contributed by atoms with Crippen molar-refractivity contribution in [3.05, 3.63) is 29.8 Å². The molecular formula is C19H26N2O4. The number of hydrogen-bond donors (Lipinski definition) is 1. The second-order valence-corrected chi connectivity index (χ2v) is 7.74. The van der Waals surface area contributed by atoms with Crippen molar-refractivity contribution in [2.24, 2.45) is 0 Å². The summed E-state index contributed by atoms with van der Waals surface area (Å²) in [5, 5.41) is 11.3. The number of nitrogens with zero attached hydrogens (tertiary/aromatic N) is 1. The van der Waals surface area contributed by atoms with Gasteiger partial charge in [0, 0.05) is 6.42 Å².